The lowest BCUT2D eigenvalue weighted by atomic mass is 9.93. The summed E-state index contributed by atoms with van der Waals surface area (Å²) in [6, 6.07) is 9.09. The van der Waals surface area contributed by atoms with Crippen molar-refractivity contribution in [2.75, 3.05) is 0 Å². The van der Waals surface area contributed by atoms with Gasteiger partial charge < -0.3 is 4.74 Å². The molecule has 0 bridgehead atoms. The van der Waals surface area contributed by atoms with E-state index in [2.05, 4.69) is 11.1 Å². The van der Waals surface area contributed by atoms with Crippen LogP contribution < -0.4 is 0 Å². The van der Waals surface area contributed by atoms with Crippen molar-refractivity contribution in [3.8, 4) is 6.07 Å². The highest BCUT2D eigenvalue weighted by molar-refractivity contribution is 7.11. The molecule has 0 fully saturated rings. The van der Waals surface area contributed by atoms with Crippen LogP contribution in [0.15, 0.2) is 29.6 Å². The van der Waals surface area contributed by atoms with Gasteiger partial charge in [0, 0.05) is 22.8 Å². The van der Waals surface area contributed by atoms with Crippen LogP contribution in [0.2, 0.25) is 5.02 Å². The van der Waals surface area contributed by atoms with E-state index in [1.54, 1.807) is 31.2 Å². The molecular weight excluding hydrogens is 356 g/mol. The van der Waals surface area contributed by atoms with Crippen LogP contribution in [0.5, 0.6) is 0 Å². The summed E-state index contributed by atoms with van der Waals surface area (Å²) in [5.74, 6) is -0.287. The Morgan fingerprint density at radius 1 is 1.36 bits per heavy atom. The first kappa shape index (κ1) is 19.2. The number of nitrogens with zero attached hydrogens (tertiary/aromatic N) is 2. The van der Waals surface area contributed by atoms with Crippen LogP contribution in [0.4, 0.5) is 0 Å². The average molecular weight is 375 g/mol. The predicted molar refractivity (Wildman–Crippen MR) is 101 cm³/mol. The number of ether oxygens (including phenoxy) is 1. The molecule has 0 saturated heterocycles. The molecule has 0 radical (unpaired) electrons. The predicted octanol–water partition coefficient (Wildman–Crippen LogP) is 5.44. The van der Waals surface area contributed by atoms with Gasteiger partial charge in [-0.1, -0.05) is 51.4 Å². The van der Waals surface area contributed by atoms with E-state index in [9.17, 15) is 10.1 Å². The van der Waals surface area contributed by atoms with Gasteiger partial charge in [-0.15, -0.1) is 11.3 Å². The molecule has 0 N–H and O–H groups in total. The van der Waals surface area contributed by atoms with E-state index >= 15 is 0 Å². The summed E-state index contributed by atoms with van der Waals surface area (Å²) >= 11 is 7.61. The molecular formula is C19H19ClN2O2S. The minimum atomic E-state index is -0.435. The lowest BCUT2D eigenvalue weighted by Crippen LogP contribution is -2.11. The van der Waals surface area contributed by atoms with E-state index in [1.807, 2.05) is 26.2 Å². The van der Waals surface area contributed by atoms with Crippen molar-refractivity contribution in [2.24, 2.45) is 0 Å². The van der Waals surface area contributed by atoms with Crippen LogP contribution in [-0.2, 0) is 14.9 Å². The number of rotatable bonds is 4. The zero-order valence-corrected chi connectivity index (χ0v) is 16.2. The normalized spacial score (nSPS) is 12.3. The van der Waals surface area contributed by atoms with Gasteiger partial charge in [0.05, 0.1) is 10.7 Å². The van der Waals surface area contributed by atoms with Gasteiger partial charge in [-0.3, -0.25) is 4.79 Å². The molecule has 0 aliphatic rings. The third-order valence-electron chi connectivity index (χ3n) is 3.45. The Morgan fingerprint density at radius 3 is 2.56 bits per heavy atom. The molecule has 1 aromatic heterocycles. The largest absolute Gasteiger partial charge is 0.424 e. The molecule has 0 unspecified atom stereocenters. The Labute approximate surface area is 156 Å². The molecule has 2 aromatic rings. The van der Waals surface area contributed by atoms with Crippen molar-refractivity contribution in [1.29, 1.82) is 5.26 Å². The van der Waals surface area contributed by atoms with Crippen LogP contribution in [-0.4, -0.2) is 11.0 Å². The minimum Gasteiger partial charge on any atom is -0.424 e. The maximum atomic E-state index is 11.9. The van der Waals surface area contributed by atoms with Gasteiger partial charge in [-0.05, 0) is 12.1 Å². The van der Waals surface area contributed by atoms with Crippen LogP contribution in [0.3, 0.4) is 0 Å². The van der Waals surface area contributed by atoms with Gasteiger partial charge >= 0.3 is 5.97 Å². The Kier molecular flexibility index (Phi) is 5.99. The first-order valence-electron chi connectivity index (χ1n) is 7.84. The number of hydrogen-bond donors (Lipinski definition) is 0. The molecule has 0 saturated carbocycles. The third-order valence-corrected chi connectivity index (χ3v) is 4.64. The average Bonchev–Trinajstić information content (AvgIpc) is 3.05. The molecule has 0 spiro atoms. The van der Waals surface area contributed by atoms with Crippen molar-refractivity contribution in [1.82, 2.24) is 4.98 Å². The zero-order valence-electron chi connectivity index (χ0n) is 14.6. The zero-order chi connectivity index (χ0) is 18.6. The summed E-state index contributed by atoms with van der Waals surface area (Å²) in [5.41, 5.74) is 1.44. The molecule has 0 aliphatic carbocycles. The van der Waals surface area contributed by atoms with Gasteiger partial charge in [0.2, 0.25) is 0 Å². The summed E-state index contributed by atoms with van der Waals surface area (Å²) in [5, 5.41) is 12.5. The number of nitriles is 1. The number of esters is 1. The fraction of sp³-hybridized carbons (Fsp3) is 0.316. The number of aromatic nitrogens is 1. The number of allylic oxidation sites excluding steroid dienone is 1. The minimum absolute atomic E-state index is 0.139. The van der Waals surface area contributed by atoms with E-state index in [0.29, 0.717) is 15.6 Å². The summed E-state index contributed by atoms with van der Waals surface area (Å²) in [7, 11) is 0. The van der Waals surface area contributed by atoms with Gasteiger partial charge in [0.25, 0.3) is 0 Å². The number of carbonyl (C=O) groups excluding carboxylic acids is 1. The standard InChI is InChI=1S/C19H19ClN2O2S/c1-5-16(23)24-17(12-8-6-7-9-14(12)20)13(10-21)18-22-15(11-25-18)19(2,3)4/h6-9,11H,5H2,1-4H3. The fourth-order valence-corrected chi connectivity index (χ4v) is 3.26. The molecule has 4 nitrogen and oxygen atoms in total. The van der Waals surface area contributed by atoms with Crippen molar-refractivity contribution in [2.45, 2.75) is 39.5 Å². The summed E-state index contributed by atoms with van der Waals surface area (Å²) in [6.07, 6.45) is 0.192. The Hall–Kier alpha value is -2.16. The number of thiazole rings is 1. The number of benzene rings is 1. The summed E-state index contributed by atoms with van der Waals surface area (Å²) < 4.78 is 5.47. The second kappa shape index (κ2) is 7.81. The summed E-state index contributed by atoms with van der Waals surface area (Å²) in [6.45, 7) is 7.84. The van der Waals surface area contributed by atoms with Gasteiger partial charge in [-0.25, -0.2) is 4.98 Å². The first-order valence-corrected chi connectivity index (χ1v) is 9.10. The van der Waals surface area contributed by atoms with E-state index in [1.165, 1.54) is 11.3 Å². The molecule has 25 heavy (non-hydrogen) atoms. The molecule has 2 rings (SSSR count). The van der Waals surface area contributed by atoms with Crippen LogP contribution in [0, 0.1) is 11.3 Å². The van der Waals surface area contributed by atoms with E-state index in [4.69, 9.17) is 16.3 Å². The smallest absolute Gasteiger partial charge is 0.310 e. The maximum absolute atomic E-state index is 11.9. The van der Waals surface area contributed by atoms with Crippen molar-refractivity contribution >= 4 is 40.2 Å². The molecule has 130 valence electrons. The van der Waals surface area contributed by atoms with E-state index in [-0.39, 0.29) is 23.2 Å². The lowest BCUT2D eigenvalue weighted by Gasteiger charge is -2.14. The quantitative estimate of drug-likeness (QED) is 0.406. The number of hydrogen-bond acceptors (Lipinski definition) is 5. The van der Waals surface area contributed by atoms with Gasteiger partial charge in [0.1, 0.15) is 16.6 Å². The number of halogens is 1. The maximum Gasteiger partial charge on any atom is 0.310 e. The highest BCUT2D eigenvalue weighted by Gasteiger charge is 2.23. The topological polar surface area (TPSA) is 63.0 Å². The monoisotopic (exact) mass is 374 g/mol. The molecule has 0 aliphatic heterocycles. The van der Waals surface area contributed by atoms with E-state index in [0.717, 1.165) is 5.69 Å². The van der Waals surface area contributed by atoms with Crippen LogP contribution >= 0.6 is 22.9 Å². The second-order valence-corrected chi connectivity index (χ2v) is 7.68. The molecule has 6 heteroatoms. The van der Waals surface area contributed by atoms with Gasteiger partial charge in [-0.2, -0.15) is 5.26 Å². The Bertz CT molecular complexity index is 857. The molecule has 1 heterocycles. The lowest BCUT2D eigenvalue weighted by molar-refractivity contribution is -0.136. The first-order chi connectivity index (χ1) is 11.8. The fourth-order valence-electron chi connectivity index (χ4n) is 2.00. The molecule has 0 amide bonds. The van der Waals surface area contributed by atoms with Gasteiger partial charge in [0.15, 0.2) is 5.76 Å². The van der Waals surface area contributed by atoms with Crippen LogP contribution in [0.25, 0.3) is 11.3 Å². The van der Waals surface area contributed by atoms with Crippen molar-refractivity contribution in [3.63, 3.8) is 0 Å². The Morgan fingerprint density at radius 2 is 2.04 bits per heavy atom. The second-order valence-electron chi connectivity index (χ2n) is 6.41. The Balaban J connectivity index is 2.66. The number of carbonyl (C=O) groups is 1. The van der Waals surface area contributed by atoms with Crippen molar-refractivity contribution in [3.05, 3.63) is 50.9 Å². The van der Waals surface area contributed by atoms with E-state index < -0.39 is 5.97 Å². The molecule has 0 atom stereocenters. The summed E-state index contributed by atoms with van der Waals surface area (Å²) in [4.78, 5) is 16.5. The SMILES string of the molecule is CCC(=O)OC(=C(C#N)c1nc(C(C)(C)C)cs1)c1ccccc1Cl. The highest BCUT2D eigenvalue weighted by atomic mass is 35.5. The van der Waals surface area contributed by atoms with Crippen molar-refractivity contribution < 1.29 is 9.53 Å². The third kappa shape index (κ3) is 4.47. The van der Waals surface area contributed by atoms with Crippen LogP contribution in [0.1, 0.15) is 50.4 Å². The molecule has 1 aromatic carbocycles. The highest BCUT2D eigenvalue weighted by Crippen LogP contribution is 2.34.